The van der Waals surface area contributed by atoms with Gasteiger partial charge < -0.3 is 4.52 Å². The third-order valence-corrected chi connectivity index (χ3v) is 4.92. The van der Waals surface area contributed by atoms with Crippen LogP contribution in [0.25, 0.3) is 0 Å². The highest BCUT2D eigenvalue weighted by Gasteiger charge is 2.28. The largest absolute Gasteiger partial charge is 0.338 e. The van der Waals surface area contributed by atoms with Crippen molar-refractivity contribution in [3.8, 4) is 0 Å². The van der Waals surface area contributed by atoms with E-state index in [0.29, 0.717) is 11.7 Å². The molecule has 0 spiro atoms. The van der Waals surface area contributed by atoms with E-state index >= 15 is 0 Å². The van der Waals surface area contributed by atoms with E-state index in [4.69, 9.17) is 16.1 Å². The molecule has 1 aliphatic rings. The predicted octanol–water partition coefficient (Wildman–Crippen LogP) is 4.54. The van der Waals surface area contributed by atoms with E-state index in [1.807, 2.05) is 0 Å². The van der Waals surface area contributed by atoms with E-state index in [0.717, 1.165) is 19.3 Å². The Labute approximate surface area is 121 Å². The molecule has 0 aliphatic carbocycles. The lowest BCUT2D eigenvalue weighted by Crippen LogP contribution is -1.96. The molecule has 0 bridgehead atoms. The summed E-state index contributed by atoms with van der Waals surface area (Å²) in [6, 6.07) is 8.42. The SMILES string of the molecule is CCCC(Cl)c1noc(C2Cc3ccccc3S2)n1. The number of nitrogens with zero attached hydrogens (tertiary/aromatic N) is 2. The average Bonchev–Trinajstić information content (AvgIpc) is 3.05. The molecule has 1 aromatic heterocycles. The third-order valence-electron chi connectivity index (χ3n) is 3.20. The molecule has 0 N–H and O–H groups in total. The van der Waals surface area contributed by atoms with Crippen LogP contribution in [0.2, 0.25) is 0 Å². The number of rotatable bonds is 4. The van der Waals surface area contributed by atoms with Crippen molar-refractivity contribution in [3.05, 3.63) is 41.5 Å². The first-order valence-corrected chi connectivity index (χ1v) is 7.81. The van der Waals surface area contributed by atoms with Crippen LogP contribution in [0.5, 0.6) is 0 Å². The second kappa shape index (κ2) is 5.55. The number of benzene rings is 1. The van der Waals surface area contributed by atoms with E-state index in [2.05, 4.69) is 41.3 Å². The van der Waals surface area contributed by atoms with Crippen molar-refractivity contribution in [2.24, 2.45) is 0 Å². The number of halogens is 1. The second-order valence-corrected chi connectivity index (χ2v) is 6.44. The first-order valence-electron chi connectivity index (χ1n) is 6.50. The maximum atomic E-state index is 6.22. The summed E-state index contributed by atoms with van der Waals surface area (Å²) in [5.74, 6) is 1.31. The molecule has 0 radical (unpaired) electrons. The smallest absolute Gasteiger partial charge is 0.240 e. The topological polar surface area (TPSA) is 38.9 Å². The van der Waals surface area contributed by atoms with Gasteiger partial charge >= 0.3 is 0 Å². The summed E-state index contributed by atoms with van der Waals surface area (Å²) in [5.41, 5.74) is 1.35. The first kappa shape index (κ1) is 13.0. The summed E-state index contributed by atoms with van der Waals surface area (Å²) in [5, 5.41) is 4.09. The summed E-state index contributed by atoms with van der Waals surface area (Å²) in [4.78, 5) is 5.77. The highest BCUT2D eigenvalue weighted by atomic mass is 35.5. The Morgan fingerprint density at radius 3 is 3.11 bits per heavy atom. The zero-order chi connectivity index (χ0) is 13.2. The van der Waals surface area contributed by atoms with E-state index in [1.54, 1.807) is 11.8 Å². The van der Waals surface area contributed by atoms with Gasteiger partial charge in [0.2, 0.25) is 5.89 Å². The van der Waals surface area contributed by atoms with Crippen LogP contribution < -0.4 is 0 Å². The maximum Gasteiger partial charge on any atom is 0.240 e. The fourth-order valence-electron chi connectivity index (χ4n) is 2.21. The van der Waals surface area contributed by atoms with Crippen molar-refractivity contribution >= 4 is 23.4 Å². The van der Waals surface area contributed by atoms with Crippen molar-refractivity contribution in [2.75, 3.05) is 0 Å². The Bertz CT molecular complexity index is 547. The molecule has 1 aromatic carbocycles. The molecule has 0 saturated carbocycles. The van der Waals surface area contributed by atoms with Crippen LogP contribution in [0.3, 0.4) is 0 Å². The van der Waals surface area contributed by atoms with Crippen LogP contribution in [0.4, 0.5) is 0 Å². The minimum absolute atomic E-state index is 0.142. The Morgan fingerprint density at radius 2 is 2.32 bits per heavy atom. The number of thioether (sulfide) groups is 1. The van der Waals surface area contributed by atoms with Crippen LogP contribution >= 0.6 is 23.4 Å². The molecule has 100 valence electrons. The van der Waals surface area contributed by atoms with Crippen LogP contribution in [0.15, 0.2) is 33.7 Å². The monoisotopic (exact) mass is 294 g/mol. The van der Waals surface area contributed by atoms with Crippen molar-refractivity contribution in [1.29, 1.82) is 0 Å². The quantitative estimate of drug-likeness (QED) is 0.776. The second-order valence-electron chi connectivity index (χ2n) is 4.67. The fraction of sp³-hybridized carbons (Fsp3) is 0.429. The van der Waals surface area contributed by atoms with Crippen LogP contribution in [-0.4, -0.2) is 10.1 Å². The van der Waals surface area contributed by atoms with Gasteiger partial charge in [-0.05, 0) is 24.5 Å². The van der Waals surface area contributed by atoms with Gasteiger partial charge in [0.05, 0.1) is 10.6 Å². The fourth-order valence-corrected chi connectivity index (χ4v) is 3.74. The minimum Gasteiger partial charge on any atom is -0.338 e. The number of alkyl halides is 1. The molecule has 19 heavy (non-hydrogen) atoms. The molecule has 2 heterocycles. The number of fused-ring (bicyclic) bond motifs is 1. The lowest BCUT2D eigenvalue weighted by Gasteiger charge is -2.01. The molecule has 0 fully saturated rings. The summed E-state index contributed by atoms with van der Waals surface area (Å²) in [6.45, 7) is 2.10. The molecule has 0 saturated heterocycles. The molecule has 3 rings (SSSR count). The van der Waals surface area contributed by atoms with Crippen molar-refractivity contribution in [1.82, 2.24) is 10.1 Å². The van der Waals surface area contributed by atoms with E-state index < -0.39 is 0 Å². The molecule has 2 atom stereocenters. The number of hydrogen-bond acceptors (Lipinski definition) is 4. The van der Waals surface area contributed by atoms with Crippen LogP contribution in [0.1, 0.15) is 47.7 Å². The average molecular weight is 295 g/mol. The Balaban J connectivity index is 1.75. The van der Waals surface area contributed by atoms with E-state index in [9.17, 15) is 0 Å². The molecular weight excluding hydrogens is 280 g/mol. The van der Waals surface area contributed by atoms with E-state index in [-0.39, 0.29) is 10.6 Å². The Hall–Kier alpha value is -1.00. The molecular formula is C14H15ClN2OS. The van der Waals surface area contributed by atoms with Crippen molar-refractivity contribution < 1.29 is 4.52 Å². The normalized spacial score (nSPS) is 19.4. The summed E-state index contributed by atoms with van der Waals surface area (Å²) >= 11 is 8.01. The van der Waals surface area contributed by atoms with E-state index in [1.165, 1.54) is 10.5 Å². The van der Waals surface area contributed by atoms with Gasteiger partial charge in [-0.15, -0.1) is 23.4 Å². The Kier molecular flexibility index (Phi) is 3.80. The van der Waals surface area contributed by atoms with Gasteiger partial charge in [0.1, 0.15) is 0 Å². The number of aromatic nitrogens is 2. The van der Waals surface area contributed by atoms with Gasteiger partial charge in [0, 0.05) is 4.90 Å². The van der Waals surface area contributed by atoms with Crippen molar-refractivity contribution in [3.63, 3.8) is 0 Å². The highest BCUT2D eigenvalue weighted by Crippen LogP contribution is 2.45. The van der Waals surface area contributed by atoms with Gasteiger partial charge in [-0.3, -0.25) is 0 Å². The van der Waals surface area contributed by atoms with Gasteiger partial charge in [0.15, 0.2) is 5.82 Å². The molecule has 0 amide bonds. The standard InChI is InChI=1S/C14H15ClN2OS/c1-2-5-10(15)13-16-14(18-17-13)12-8-9-6-3-4-7-11(9)19-12/h3-4,6-7,10,12H,2,5,8H2,1H3. The molecule has 3 nitrogen and oxygen atoms in total. The van der Waals surface area contributed by atoms with Crippen LogP contribution in [0, 0.1) is 0 Å². The zero-order valence-electron chi connectivity index (χ0n) is 10.7. The third kappa shape index (κ3) is 2.65. The minimum atomic E-state index is -0.142. The van der Waals surface area contributed by atoms with Crippen LogP contribution in [-0.2, 0) is 6.42 Å². The van der Waals surface area contributed by atoms with Crippen molar-refractivity contribution in [2.45, 2.75) is 41.7 Å². The zero-order valence-corrected chi connectivity index (χ0v) is 12.2. The highest BCUT2D eigenvalue weighted by molar-refractivity contribution is 7.99. The van der Waals surface area contributed by atoms with Gasteiger partial charge in [-0.1, -0.05) is 36.7 Å². The maximum absolute atomic E-state index is 6.22. The lowest BCUT2D eigenvalue weighted by molar-refractivity contribution is 0.370. The van der Waals surface area contributed by atoms with Gasteiger partial charge in [0.25, 0.3) is 0 Å². The number of hydrogen-bond donors (Lipinski definition) is 0. The Morgan fingerprint density at radius 1 is 1.47 bits per heavy atom. The molecule has 5 heteroatoms. The molecule has 1 aliphatic heterocycles. The molecule has 2 unspecified atom stereocenters. The van der Waals surface area contributed by atoms with Gasteiger partial charge in [-0.2, -0.15) is 4.98 Å². The summed E-state index contributed by atoms with van der Waals surface area (Å²) < 4.78 is 5.38. The van der Waals surface area contributed by atoms with Gasteiger partial charge in [-0.25, -0.2) is 0 Å². The summed E-state index contributed by atoms with van der Waals surface area (Å²) in [6.07, 6.45) is 2.84. The predicted molar refractivity (Wildman–Crippen MR) is 76.5 cm³/mol. The first-order chi connectivity index (χ1) is 9.28. The lowest BCUT2D eigenvalue weighted by atomic mass is 10.1. The molecule has 2 aromatic rings. The summed E-state index contributed by atoms with van der Waals surface area (Å²) in [7, 11) is 0.